The number of amides is 1. The van der Waals surface area contributed by atoms with Crippen molar-refractivity contribution < 1.29 is 9.53 Å². The minimum Gasteiger partial charge on any atom is -0.489 e. The van der Waals surface area contributed by atoms with Crippen molar-refractivity contribution in [3.63, 3.8) is 0 Å². The van der Waals surface area contributed by atoms with E-state index in [0.717, 1.165) is 32.9 Å². The average molecular weight is 339 g/mol. The number of carbonyl (C=O) groups is 1. The van der Waals surface area contributed by atoms with E-state index in [1.165, 1.54) is 11.3 Å². The van der Waals surface area contributed by atoms with E-state index in [4.69, 9.17) is 4.74 Å². The van der Waals surface area contributed by atoms with Crippen LogP contribution in [0.4, 0.5) is 5.69 Å². The molecule has 24 heavy (non-hydrogen) atoms. The minimum absolute atomic E-state index is 0.352. The zero-order chi connectivity index (χ0) is 17.1. The molecule has 6 heteroatoms. The average Bonchev–Trinajstić information content (AvgIpc) is 2.98. The summed E-state index contributed by atoms with van der Waals surface area (Å²) in [7, 11) is 1.78. The Morgan fingerprint density at radius 2 is 2.12 bits per heavy atom. The smallest absolute Gasteiger partial charge is 0.288 e. The Morgan fingerprint density at radius 3 is 2.79 bits per heavy atom. The number of thiophene rings is 1. The van der Waals surface area contributed by atoms with Crippen LogP contribution in [-0.4, -0.2) is 24.7 Å². The van der Waals surface area contributed by atoms with Crippen LogP contribution in [0, 0.1) is 6.92 Å². The first-order valence-corrected chi connectivity index (χ1v) is 8.25. The molecule has 3 aromatic rings. The van der Waals surface area contributed by atoms with Crippen molar-refractivity contribution in [3.05, 3.63) is 52.5 Å². The molecular formula is C18H17N3O2S. The summed E-state index contributed by atoms with van der Waals surface area (Å²) in [5.41, 5.74) is 2.58. The van der Waals surface area contributed by atoms with Gasteiger partial charge in [-0.25, -0.2) is 9.98 Å². The summed E-state index contributed by atoms with van der Waals surface area (Å²) in [6.45, 7) is 5.65. The van der Waals surface area contributed by atoms with Gasteiger partial charge in [0.05, 0.1) is 5.69 Å². The van der Waals surface area contributed by atoms with E-state index < -0.39 is 0 Å². The van der Waals surface area contributed by atoms with Gasteiger partial charge in [-0.15, -0.1) is 11.3 Å². The second kappa shape index (κ2) is 6.80. The lowest BCUT2D eigenvalue weighted by Gasteiger charge is -2.10. The predicted octanol–water partition coefficient (Wildman–Crippen LogP) is 4.07. The third-order valence-corrected chi connectivity index (χ3v) is 4.67. The van der Waals surface area contributed by atoms with Crippen LogP contribution in [0.5, 0.6) is 5.75 Å². The van der Waals surface area contributed by atoms with Crippen molar-refractivity contribution in [1.82, 2.24) is 4.98 Å². The van der Waals surface area contributed by atoms with Gasteiger partial charge in [0.15, 0.2) is 0 Å². The molecule has 2 aromatic heterocycles. The predicted molar refractivity (Wildman–Crippen MR) is 98.6 cm³/mol. The van der Waals surface area contributed by atoms with Crippen LogP contribution >= 0.6 is 11.3 Å². The van der Waals surface area contributed by atoms with Gasteiger partial charge in [0.25, 0.3) is 5.91 Å². The second-order valence-corrected chi connectivity index (χ2v) is 6.22. The molecule has 0 atom stereocenters. The normalized spacial score (nSPS) is 10.6. The molecule has 0 unspecified atom stereocenters. The first-order chi connectivity index (χ1) is 11.6. The molecule has 3 rings (SSSR count). The highest BCUT2D eigenvalue weighted by Gasteiger charge is 2.20. The van der Waals surface area contributed by atoms with Gasteiger partial charge in [-0.2, -0.15) is 0 Å². The topological polar surface area (TPSA) is 63.6 Å². The fraction of sp³-hybridized carbons (Fsp3) is 0.167. The third-order valence-electron chi connectivity index (χ3n) is 3.60. The number of fused-ring (bicyclic) bond motifs is 1. The Bertz CT molecular complexity index is 904. The standard InChI is InChI=1S/C18H17N3O2S/c1-11-9-12(10-23-13-7-5-4-6-8-13)14-15(19-2)16(17(22)20-3)24-18(14)21-11/h4-9,19H,3,10H2,1-2H3. The number of hydrogen-bond acceptors (Lipinski definition) is 5. The zero-order valence-electron chi connectivity index (χ0n) is 13.5. The Hall–Kier alpha value is -2.73. The molecule has 0 bridgehead atoms. The number of nitrogens with one attached hydrogen (secondary N) is 1. The van der Waals surface area contributed by atoms with E-state index in [2.05, 4.69) is 22.0 Å². The number of benzene rings is 1. The maximum Gasteiger partial charge on any atom is 0.288 e. The number of aryl methyl sites for hydroxylation is 1. The number of aliphatic imine (C=N–C) groups is 1. The van der Waals surface area contributed by atoms with Gasteiger partial charge in [-0.05, 0) is 31.8 Å². The van der Waals surface area contributed by atoms with Crippen molar-refractivity contribution in [3.8, 4) is 5.75 Å². The molecule has 2 heterocycles. The lowest BCUT2D eigenvalue weighted by Crippen LogP contribution is -2.01. The molecule has 0 aliphatic heterocycles. The zero-order valence-corrected chi connectivity index (χ0v) is 14.3. The van der Waals surface area contributed by atoms with Crippen molar-refractivity contribution >= 4 is 39.9 Å². The van der Waals surface area contributed by atoms with Gasteiger partial charge in [0.2, 0.25) is 0 Å². The monoisotopic (exact) mass is 339 g/mol. The van der Waals surface area contributed by atoms with E-state index in [9.17, 15) is 4.79 Å². The van der Waals surface area contributed by atoms with Crippen LogP contribution in [-0.2, 0) is 6.61 Å². The lowest BCUT2D eigenvalue weighted by atomic mass is 10.1. The molecule has 1 amide bonds. The highest BCUT2D eigenvalue weighted by atomic mass is 32.1. The van der Waals surface area contributed by atoms with Crippen molar-refractivity contribution in [2.24, 2.45) is 4.99 Å². The second-order valence-electron chi connectivity index (χ2n) is 5.22. The van der Waals surface area contributed by atoms with Gasteiger partial charge < -0.3 is 10.1 Å². The maximum atomic E-state index is 12.0. The Kier molecular flexibility index (Phi) is 4.57. The fourth-order valence-electron chi connectivity index (χ4n) is 2.57. The number of aromatic nitrogens is 1. The SMILES string of the molecule is C=NC(=O)c1sc2nc(C)cc(COc3ccccc3)c2c1NC. The Labute approximate surface area is 144 Å². The van der Waals surface area contributed by atoms with Crippen LogP contribution < -0.4 is 10.1 Å². The van der Waals surface area contributed by atoms with Crippen LogP contribution in [0.2, 0.25) is 0 Å². The first kappa shape index (κ1) is 16.1. The molecule has 0 aliphatic carbocycles. The van der Waals surface area contributed by atoms with Crippen molar-refractivity contribution in [2.45, 2.75) is 13.5 Å². The van der Waals surface area contributed by atoms with Crippen molar-refractivity contribution in [2.75, 3.05) is 12.4 Å². The summed E-state index contributed by atoms with van der Waals surface area (Å²) in [4.78, 5) is 21.4. The molecule has 0 fully saturated rings. The first-order valence-electron chi connectivity index (χ1n) is 7.43. The highest BCUT2D eigenvalue weighted by Crippen LogP contribution is 2.38. The molecule has 0 saturated heterocycles. The van der Waals surface area contributed by atoms with E-state index in [1.54, 1.807) is 7.05 Å². The van der Waals surface area contributed by atoms with E-state index >= 15 is 0 Å². The molecule has 0 saturated carbocycles. The fourth-order valence-corrected chi connectivity index (χ4v) is 3.74. The third kappa shape index (κ3) is 3.00. The number of nitrogens with zero attached hydrogens (tertiary/aromatic N) is 2. The number of hydrogen-bond donors (Lipinski definition) is 1. The summed E-state index contributed by atoms with van der Waals surface area (Å²) in [6, 6.07) is 11.6. The largest absolute Gasteiger partial charge is 0.489 e. The minimum atomic E-state index is -0.352. The summed E-state index contributed by atoms with van der Waals surface area (Å²) in [6.07, 6.45) is 0. The highest BCUT2D eigenvalue weighted by molar-refractivity contribution is 7.21. The Morgan fingerprint density at radius 1 is 1.38 bits per heavy atom. The molecular weight excluding hydrogens is 322 g/mol. The molecule has 0 spiro atoms. The number of anilines is 1. The van der Waals surface area contributed by atoms with Crippen LogP contribution in [0.15, 0.2) is 41.4 Å². The summed E-state index contributed by atoms with van der Waals surface area (Å²) in [5.74, 6) is 0.445. The summed E-state index contributed by atoms with van der Waals surface area (Å²) < 4.78 is 5.88. The van der Waals surface area contributed by atoms with Crippen LogP contribution in [0.25, 0.3) is 10.2 Å². The molecule has 0 radical (unpaired) electrons. The van der Waals surface area contributed by atoms with Crippen LogP contribution in [0.1, 0.15) is 20.9 Å². The van der Waals surface area contributed by atoms with Gasteiger partial charge in [-0.1, -0.05) is 18.2 Å². The molecule has 1 N–H and O–H groups in total. The van der Waals surface area contributed by atoms with E-state index in [-0.39, 0.29) is 5.91 Å². The lowest BCUT2D eigenvalue weighted by molar-refractivity contribution is 0.101. The van der Waals surface area contributed by atoms with Gasteiger partial charge in [0, 0.05) is 23.7 Å². The number of pyridine rings is 1. The molecule has 5 nitrogen and oxygen atoms in total. The molecule has 1 aromatic carbocycles. The van der Waals surface area contributed by atoms with Crippen LogP contribution in [0.3, 0.4) is 0 Å². The molecule has 0 aliphatic rings. The summed E-state index contributed by atoms with van der Waals surface area (Å²) in [5, 5.41) is 4.00. The number of rotatable bonds is 5. The van der Waals surface area contributed by atoms with Crippen molar-refractivity contribution in [1.29, 1.82) is 0 Å². The van der Waals surface area contributed by atoms with Gasteiger partial charge in [0.1, 0.15) is 22.1 Å². The molecule has 122 valence electrons. The van der Waals surface area contributed by atoms with Gasteiger partial charge >= 0.3 is 0 Å². The van der Waals surface area contributed by atoms with Gasteiger partial charge in [-0.3, -0.25) is 4.79 Å². The number of ether oxygens (including phenoxy) is 1. The number of para-hydroxylation sites is 1. The number of carbonyl (C=O) groups excluding carboxylic acids is 1. The van der Waals surface area contributed by atoms with E-state index in [1.807, 2.05) is 43.3 Å². The summed E-state index contributed by atoms with van der Waals surface area (Å²) >= 11 is 1.32. The van der Waals surface area contributed by atoms with E-state index in [0.29, 0.717) is 11.5 Å². The maximum absolute atomic E-state index is 12.0. The Balaban J connectivity index is 2.07. The quantitative estimate of drug-likeness (QED) is 0.712.